The summed E-state index contributed by atoms with van der Waals surface area (Å²) in [7, 11) is 0. The zero-order valence-corrected chi connectivity index (χ0v) is 8.38. The predicted molar refractivity (Wildman–Crippen MR) is 53.9 cm³/mol. The van der Waals surface area contributed by atoms with Gasteiger partial charge in [0.05, 0.1) is 12.5 Å². The van der Waals surface area contributed by atoms with E-state index in [1.54, 1.807) is 4.90 Å². The molecule has 1 N–H and O–H groups in total. The molecule has 1 amide bonds. The van der Waals surface area contributed by atoms with Gasteiger partial charge in [-0.3, -0.25) is 0 Å². The van der Waals surface area contributed by atoms with Crippen molar-refractivity contribution >= 4 is 17.3 Å². The molecule has 7 heteroatoms. The van der Waals surface area contributed by atoms with E-state index < -0.39 is 6.09 Å². The molecule has 2 aromatic heterocycles. The topological polar surface area (TPSA) is 84.0 Å². The lowest BCUT2D eigenvalue weighted by atomic mass is 10.2. The number of rotatable bonds is 1. The molecule has 3 rings (SSSR count). The molecule has 3 heterocycles. The number of fused-ring (bicyclic) bond motifs is 1. The van der Waals surface area contributed by atoms with Crippen molar-refractivity contribution < 1.29 is 9.53 Å². The van der Waals surface area contributed by atoms with Gasteiger partial charge in [-0.2, -0.15) is 4.98 Å². The monoisotopic (exact) mass is 219 g/mol. The Morgan fingerprint density at radius 2 is 2.31 bits per heavy atom. The highest BCUT2D eigenvalue weighted by molar-refractivity contribution is 5.72. The molecule has 2 aromatic rings. The van der Waals surface area contributed by atoms with Gasteiger partial charge in [0.2, 0.25) is 0 Å². The maximum absolute atomic E-state index is 11.5. The first-order valence-electron chi connectivity index (χ1n) is 4.96. The lowest BCUT2D eigenvalue weighted by molar-refractivity contribution is 0.122. The van der Waals surface area contributed by atoms with Crippen LogP contribution in [-0.2, 0) is 0 Å². The molecule has 0 radical (unpaired) electrons. The van der Waals surface area contributed by atoms with Crippen LogP contribution < -0.4 is 4.74 Å². The van der Waals surface area contributed by atoms with Crippen LogP contribution in [0.25, 0.3) is 11.2 Å². The van der Waals surface area contributed by atoms with E-state index in [0.29, 0.717) is 11.2 Å². The zero-order valence-electron chi connectivity index (χ0n) is 8.38. The van der Waals surface area contributed by atoms with Crippen molar-refractivity contribution in [3.05, 3.63) is 12.5 Å². The summed E-state index contributed by atoms with van der Waals surface area (Å²) in [5.41, 5.74) is 1.20. The van der Waals surface area contributed by atoms with Crippen LogP contribution in [0.2, 0.25) is 0 Å². The number of imidazole rings is 1. The number of nitrogens with one attached hydrogen (secondary N) is 1. The molecule has 0 atom stereocenters. The highest BCUT2D eigenvalue weighted by atomic mass is 16.6. The van der Waals surface area contributed by atoms with Gasteiger partial charge in [-0.15, -0.1) is 0 Å². The summed E-state index contributed by atoms with van der Waals surface area (Å²) in [6.45, 7) is 1.48. The van der Waals surface area contributed by atoms with Crippen LogP contribution in [0, 0.1) is 0 Å². The van der Waals surface area contributed by atoms with Gasteiger partial charge in [-0.1, -0.05) is 0 Å². The Morgan fingerprint density at radius 1 is 1.44 bits per heavy atom. The number of nitrogens with zero attached hydrogens (tertiary/aromatic N) is 4. The lowest BCUT2D eigenvalue weighted by Gasteiger charge is -2.28. The molecule has 7 nitrogen and oxygen atoms in total. The van der Waals surface area contributed by atoms with Crippen LogP contribution in [0.1, 0.15) is 6.42 Å². The van der Waals surface area contributed by atoms with E-state index in [1.165, 1.54) is 12.5 Å². The maximum atomic E-state index is 11.5. The van der Waals surface area contributed by atoms with Crippen molar-refractivity contribution in [2.45, 2.75) is 6.42 Å². The number of carbonyl (C=O) groups excluding carboxylic acids is 1. The first-order valence-corrected chi connectivity index (χ1v) is 4.96. The largest absolute Gasteiger partial charge is 0.417 e. The fourth-order valence-corrected chi connectivity index (χ4v) is 1.41. The third-order valence-electron chi connectivity index (χ3n) is 2.45. The van der Waals surface area contributed by atoms with E-state index in [-0.39, 0.29) is 6.01 Å². The number of aromatic amines is 1. The normalized spacial score (nSPS) is 14.9. The molecular formula is C9H9N5O2. The quantitative estimate of drug-likeness (QED) is 0.757. The third kappa shape index (κ3) is 1.46. The van der Waals surface area contributed by atoms with Crippen molar-refractivity contribution in [3.63, 3.8) is 0 Å². The molecule has 82 valence electrons. The average molecular weight is 219 g/mol. The van der Waals surface area contributed by atoms with Crippen molar-refractivity contribution in [1.82, 2.24) is 24.8 Å². The van der Waals surface area contributed by atoms with Gasteiger partial charge in [0.15, 0.2) is 5.65 Å². The Hall–Kier alpha value is -2.18. The second kappa shape index (κ2) is 3.44. The summed E-state index contributed by atoms with van der Waals surface area (Å²) in [6.07, 6.45) is 3.67. The number of carbonyl (C=O) groups is 1. The fraction of sp³-hybridized carbons (Fsp3) is 0.333. The summed E-state index contributed by atoms with van der Waals surface area (Å²) >= 11 is 0. The number of aromatic nitrogens is 4. The summed E-state index contributed by atoms with van der Waals surface area (Å²) in [4.78, 5) is 27.8. The number of hydrogen-bond donors (Lipinski definition) is 1. The van der Waals surface area contributed by atoms with Crippen LogP contribution in [-0.4, -0.2) is 44.0 Å². The molecule has 0 saturated carbocycles. The van der Waals surface area contributed by atoms with Crippen molar-refractivity contribution in [1.29, 1.82) is 0 Å². The van der Waals surface area contributed by atoms with E-state index in [0.717, 1.165) is 19.5 Å². The minimum absolute atomic E-state index is 0.0384. The van der Waals surface area contributed by atoms with Gasteiger partial charge in [-0.25, -0.2) is 14.8 Å². The first kappa shape index (κ1) is 9.08. The van der Waals surface area contributed by atoms with Gasteiger partial charge in [-0.05, 0) is 6.42 Å². The number of H-pyrrole nitrogens is 1. The molecule has 1 fully saturated rings. The first-order chi connectivity index (χ1) is 7.83. The highest BCUT2D eigenvalue weighted by Crippen LogP contribution is 2.12. The summed E-state index contributed by atoms with van der Waals surface area (Å²) in [6, 6.07) is 0.0384. The van der Waals surface area contributed by atoms with Gasteiger partial charge in [0.25, 0.3) is 0 Å². The van der Waals surface area contributed by atoms with Crippen LogP contribution in [0.3, 0.4) is 0 Å². The predicted octanol–water partition coefficient (Wildman–Crippen LogP) is 0.557. The van der Waals surface area contributed by atoms with E-state index in [9.17, 15) is 4.79 Å². The van der Waals surface area contributed by atoms with Crippen LogP contribution in [0.5, 0.6) is 6.01 Å². The Morgan fingerprint density at radius 3 is 3.06 bits per heavy atom. The van der Waals surface area contributed by atoms with Crippen molar-refractivity contribution in [3.8, 4) is 6.01 Å². The average Bonchev–Trinajstić information content (AvgIpc) is 2.61. The van der Waals surface area contributed by atoms with Crippen LogP contribution >= 0.6 is 0 Å². The lowest BCUT2D eigenvalue weighted by Crippen LogP contribution is -2.43. The van der Waals surface area contributed by atoms with Crippen molar-refractivity contribution in [2.24, 2.45) is 0 Å². The molecule has 16 heavy (non-hydrogen) atoms. The van der Waals surface area contributed by atoms with Gasteiger partial charge >= 0.3 is 12.1 Å². The van der Waals surface area contributed by atoms with Gasteiger partial charge in [0, 0.05) is 13.1 Å². The summed E-state index contributed by atoms with van der Waals surface area (Å²) in [5.74, 6) is 0. The highest BCUT2D eigenvalue weighted by Gasteiger charge is 2.22. The number of likely N-dealkylation sites (tertiary alicyclic amines) is 1. The van der Waals surface area contributed by atoms with E-state index in [1.807, 2.05) is 0 Å². The molecule has 1 aliphatic rings. The molecule has 0 spiro atoms. The molecular weight excluding hydrogens is 210 g/mol. The molecule has 1 aliphatic heterocycles. The number of hydrogen-bond acceptors (Lipinski definition) is 5. The molecule has 1 saturated heterocycles. The minimum Gasteiger partial charge on any atom is -0.374 e. The van der Waals surface area contributed by atoms with Crippen LogP contribution in [0.15, 0.2) is 12.5 Å². The van der Waals surface area contributed by atoms with Gasteiger partial charge < -0.3 is 14.6 Å². The Bertz CT molecular complexity index is 533. The smallest absolute Gasteiger partial charge is 0.374 e. The molecule has 0 unspecified atom stereocenters. The van der Waals surface area contributed by atoms with Crippen LogP contribution in [0.4, 0.5) is 4.79 Å². The SMILES string of the molecule is O=C(Oc1ncc2[nH]cnc2n1)N1CCC1. The number of ether oxygens (including phenoxy) is 1. The Kier molecular flexibility index (Phi) is 1.95. The molecule has 0 bridgehead atoms. The maximum Gasteiger partial charge on any atom is 0.417 e. The fourth-order valence-electron chi connectivity index (χ4n) is 1.41. The minimum atomic E-state index is -0.402. The zero-order chi connectivity index (χ0) is 11.0. The summed E-state index contributed by atoms with van der Waals surface area (Å²) < 4.78 is 5.01. The molecule has 0 aromatic carbocycles. The Labute approximate surface area is 90.5 Å². The Balaban J connectivity index is 1.80. The van der Waals surface area contributed by atoms with Gasteiger partial charge in [0.1, 0.15) is 5.52 Å². The van der Waals surface area contributed by atoms with E-state index >= 15 is 0 Å². The van der Waals surface area contributed by atoms with Crippen molar-refractivity contribution in [2.75, 3.05) is 13.1 Å². The standard InChI is InChI=1S/C9H9N5O2/c15-9(14-2-1-3-14)16-8-10-4-6-7(13-8)12-5-11-6/h4-5H,1-3H2,(H,10,11,12,13). The number of amides is 1. The second-order valence-electron chi connectivity index (χ2n) is 3.50. The van der Waals surface area contributed by atoms with E-state index in [2.05, 4.69) is 19.9 Å². The third-order valence-corrected chi connectivity index (χ3v) is 2.45. The second-order valence-corrected chi connectivity index (χ2v) is 3.50. The molecule has 0 aliphatic carbocycles. The summed E-state index contributed by atoms with van der Waals surface area (Å²) in [5, 5.41) is 0. The van der Waals surface area contributed by atoms with E-state index in [4.69, 9.17) is 4.74 Å².